The van der Waals surface area contributed by atoms with Crippen LogP contribution in [0.4, 0.5) is 13.6 Å². The van der Waals surface area contributed by atoms with Crippen LogP contribution in [0.3, 0.4) is 0 Å². The summed E-state index contributed by atoms with van der Waals surface area (Å²) in [4.78, 5) is 13.8. The van der Waals surface area contributed by atoms with E-state index in [2.05, 4.69) is 5.10 Å². The fraction of sp³-hybridized carbons (Fsp3) is 0.789. The highest BCUT2D eigenvalue weighted by atomic mass is 32.2. The van der Waals surface area contributed by atoms with Crippen LogP contribution in [0, 0.1) is 5.92 Å². The molecule has 12 heteroatoms. The molecule has 3 fully saturated rings. The second-order valence-electron chi connectivity index (χ2n) is 9.01. The highest BCUT2D eigenvalue weighted by Gasteiger charge is 2.59. The van der Waals surface area contributed by atoms with Gasteiger partial charge in [0.15, 0.2) is 5.84 Å². The van der Waals surface area contributed by atoms with E-state index in [-0.39, 0.29) is 18.8 Å². The first-order valence-corrected chi connectivity index (χ1v) is 11.8. The Morgan fingerprint density at radius 3 is 2.32 bits per heavy atom. The molecule has 0 bridgehead atoms. The summed E-state index contributed by atoms with van der Waals surface area (Å²) in [6.45, 7) is 8.54. The molecule has 1 atom stereocenters. The molecule has 0 radical (unpaired) electrons. The van der Waals surface area contributed by atoms with Gasteiger partial charge in [0.25, 0.3) is 5.92 Å². The van der Waals surface area contributed by atoms with Crippen LogP contribution >= 0.6 is 0 Å². The number of allylic oxidation sites excluding steroid dienone is 1. The number of hydrogen-bond acceptors (Lipinski definition) is 6. The Bertz CT molecular complexity index is 876. The van der Waals surface area contributed by atoms with Gasteiger partial charge in [-0.3, -0.25) is 5.01 Å². The van der Waals surface area contributed by atoms with E-state index in [1.807, 2.05) is 6.92 Å². The van der Waals surface area contributed by atoms with Gasteiger partial charge in [-0.15, -0.1) is 0 Å². The summed E-state index contributed by atoms with van der Waals surface area (Å²) in [5, 5.41) is 6.21. The molecule has 1 aliphatic carbocycles. The molecule has 3 rings (SSSR count). The number of rotatable bonds is 4. The number of alkyl halides is 2. The van der Waals surface area contributed by atoms with Gasteiger partial charge in [-0.2, -0.15) is 13.5 Å². The molecule has 0 aromatic carbocycles. The zero-order valence-corrected chi connectivity index (χ0v) is 19.5. The van der Waals surface area contributed by atoms with Crippen molar-refractivity contribution in [2.24, 2.45) is 11.0 Å². The van der Waals surface area contributed by atoms with Crippen molar-refractivity contribution in [1.82, 2.24) is 18.5 Å². The molecule has 0 aromatic heterocycles. The van der Waals surface area contributed by atoms with Gasteiger partial charge in [-0.1, -0.05) is 13.0 Å². The van der Waals surface area contributed by atoms with Gasteiger partial charge in [0, 0.05) is 39.0 Å². The lowest BCUT2D eigenvalue weighted by atomic mass is 10.2. The second kappa shape index (κ2) is 8.10. The van der Waals surface area contributed by atoms with Crippen LogP contribution in [-0.2, 0) is 14.9 Å². The predicted molar refractivity (Wildman–Crippen MR) is 112 cm³/mol. The number of carbonyl (C=O) groups is 1. The summed E-state index contributed by atoms with van der Waals surface area (Å²) in [6, 6.07) is 0. The minimum Gasteiger partial charge on any atom is -0.444 e. The van der Waals surface area contributed by atoms with Crippen LogP contribution in [0.2, 0.25) is 0 Å². The highest BCUT2D eigenvalue weighted by molar-refractivity contribution is 7.88. The third-order valence-corrected chi connectivity index (χ3v) is 7.07. The van der Waals surface area contributed by atoms with Crippen molar-refractivity contribution in [3.05, 3.63) is 11.8 Å². The smallest absolute Gasteiger partial charge is 0.410 e. The Morgan fingerprint density at radius 1 is 1.26 bits per heavy atom. The van der Waals surface area contributed by atoms with Crippen LogP contribution in [0.1, 0.15) is 40.5 Å². The van der Waals surface area contributed by atoms with E-state index < -0.39 is 33.7 Å². The fourth-order valence-electron chi connectivity index (χ4n) is 3.45. The molecule has 2 heterocycles. The van der Waals surface area contributed by atoms with Crippen molar-refractivity contribution in [3.63, 3.8) is 0 Å². The van der Waals surface area contributed by atoms with Crippen molar-refractivity contribution in [2.75, 3.05) is 39.8 Å². The first-order valence-electron chi connectivity index (χ1n) is 10.4. The summed E-state index contributed by atoms with van der Waals surface area (Å²) in [5.41, 5.74) is -0.265. The lowest BCUT2D eigenvalue weighted by Crippen LogP contribution is -2.48. The average molecular weight is 464 g/mol. The molecule has 1 saturated carbocycles. The van der Waals surface area contributed by atoms with E-state index >= 15 is 0 Å². The number of nitrogens with zero attached hydrogens (tertiary/aromatic N) is 5. The molecular formula is C19H31F2N5O4S. The minimum atomic E-state index is -3.96. The summed E-state index contributed by atoms with van der Waals surface area (Å²) in [6.07, 6.45) is 1.52. The Hall–Kier alpha value is -2.11. The zero-order valence-electron chi connectivity index (χ0n) is 18.6. The van der Waals surface area contributed by atoms with Crippen LogP contribution in [-0.4, -0.2) is 90.2 Å². The molecule has 1 unspecified atom stereocenters. The van der Waals surface area contributed by atoms with Gasteiger partial charge >= 0.3 is 16.3 Å². The van der Waals surface area contributed by atoms with Gasteiger partial charge in [0.2, 0.25) is 0 Å². The van der Waals surface area contributed by atoms with Crippen LogP contribution < -0.4 is 0 Å². The SMILES string of the molecule is CC/C=C1\C(=N/N2CCN(C(=O)OC(C)(C)C)CC2)N(C)S(=O)(=O)N1CC1CC1(F)F. The van der Waals surface area contributed by atoms with E-state index in [1.165, 1.54) is 7.05 Å². The van der Waals surface area contributed by atoms with Crippen molar-refractivity contribution < 1.29 is 26.7 Å². The Labute approximate surface area is 182 Å². The van der Waals surface area contributed by atoms with E-state index in [9.17, 15) is 22.0 Å². The van der Waals surface area contributed by atoms with E-state index in [0.717, 1.165) is 8.61 Å². The van der Waals surface area contributed by atoms with E-state index in [0.29, 0.717) is 38.3 Å². The van der Waals surface area contributed by atoms with Gasteiger partial charge in [-0.05, 0) is 27.2 Å². The molecule has 0 aromatic rings. The van der Waals surface area contributed by atoms with Crippen LogP contribution in [0.15, 0.2) is 16.9 Å². The Balaban J connectivity index is 1.74. The maximum absolute atomic E-state index is 13.5. The molecule has 2 aliphatic heterocycles. The van der Waals surface area contributed by atoms with Gasteiger partial charge < -0.3 is 9.64 Å². The Morgan fingerprint density at radius 2 is 1.84 bits per heavy atom. The molecule has 176 valence electrons. The zero-order chi connectivity index (χ0) is 23.2. The quantitative estimate of drug-likeness (QED) is 0.639. The molecule has 31 heavy (non-hydrogen) atoms. The molecule has 9 nitrogen and oxygen atoms in total. The van der Waals surface area contributed by atoms with Gasteiger partial charge in [0.05, 0.1) is 18.8 Å². The third kappa shape index (κ3) is 5.04. The van der Waals surface area contributed by atoms with Crippen molar-refractivity contribution >= 4 is 22.1 Å². The van der Waals surface area contributed by atoms with Crippen molar-refractivity contribution in [2.45, 2.75) is 52.1 Å². The monoisotopic (exact) mass is 463 g/mol. The summed E-state index contributed by atoms with van der Waals surface area (Å²) < 4.78 is 60.1. The summed E-state index contributed by atoms with van der Waals surface area (Å²) >= 11 is 0. The lowest BCUT2D eigenvalue weighted by Gasteiger charge is -2.34. The molecular weight excluding hydrogens is 432 g/mol. The largest absolute Gasteiger partial charge is 0.444 e. The number of likely N-dealkylation sites (N-methyl/N-ethyl adjacent to an activating group) is 1. The Kier molecular flexibility index (Phi) is 6.16. The number of amidine groups is 1. The number of ether oxygens (including phenoxy) is 1. The number of hydrazone groups is 1. The number of amides is 1. The molecule has 2 saturated heterocycles. The first-order chi connectivity index (χ1) is 14.3. The standard InChI is InChI=1S/C19H31F2N5O4S/c1-6-7-15-16(23(5)31(28,29)26(15)13-14-12-19(14,20)21)22-25-10-8-24(9-11-25)17(27)30-18(2,3)4/h7,14H,6,8-13H2,1-5H3/b15-7+,22-16+. The average Bonchev–Trinajstić information content (AvgIpc) is 3.22. The molecule has 1 amide bonds. The van der Waals surface area contributed by atoms with Crippen LogP contribution in [0.25, 0.3) is 0 Å². The van der Waals surface area contributed by atoms with Gasteiger partial charge in [-0.25, -0.2) is 22.2 Å². The topological polar surface area (TPSA) is 85.8 Å². The third-order valence-electron chi connectivity index (χ3n) is 5.30. The summed E-state index contributed by atoms with van der Waals surface area (Å²) in [7, 11) is -2.59. The lowest BCUT2D eigenvalue weighted by molar-refractivity contribution is 0.0147. The van der Waals surface area contributed by atoms with Crippen molar-refractivity contribution in [1.29, 1.82) is 0 Å². The minimum absolute atomic E-state index is 0.205. The molecule has 3 aliphatic rings. The molecule has 0 spiro atoms. The normalized spacial score (nSPS) is 27.9. The fourth-order valence-corrected chi connectivity index (χ4v) is 4.87. The number of carbonyl (C=O) groups excluding carboxylic acids is 1. The number of piperazine rings is 1. The van der Waals surface area contributed by atoms with Crippen LogP contribution in [0.5, 0.6) is 0 Å². The van der Waals surface area contributed by atoms with E-state index in [1.54, 1.807) is 36.8 Å². The number of hydrogen-bond donors (Lipinski definition) is 0. The van der Waals surface area contributed by atoms with E-state index in [4.69, 9.17) is 4.74 Å². The summed E-state index contributed by atoms with van der Waals surface area (Å²) in [5.74, 6) is -3.59. The maximum Gasteiger partial charge on any atom is 0.410 e. The number of halogens is 2. The second-order valence-corrected chi connectivity index (χ2v) is 10.9. The highest BCUT2D eigenvalue weighted by Crippen LogP contribution is 2.50. The van der Waals surface area contributed by atoms with Crippen molar-refractivity contribution in [3.8, 4) is 0 Å². The predicted octanol–water partition coefficient (Wildman–Crippen LogP) is 2.29. The molecule has 0 N–H and O–H groups in total. The first kappa shape index (κ1) is 23.6. The maximum atomic E-state index is 13.5. The van der Waals surface area contributed by atoms with Gasteiger partial charge in [0.1, 0.15) is 5.60 Å².